The second-order valence-corrected chi connectivity index (χ2v) is 9.47. The third-order valence-corrected chi connectivity index (χ3v) is 7.01. The van der Waals surface area contributed by atoms with Crippen LogP contribution < -0.4 is 10.6 Å². The van der Waals surface area contributed by atoms with Crippen molar-refractivity contribution in [3.8, 4) is 0 Å². The summed E-state index contributed by atoms with van der Waals surface area (Å²) in [4.78, 5) is 29.1. The highest BCUT2D eigenvalue weighted by molar-refractivity contribution is 7.89. The SMILES string of the molecule is C[C@H](NC(=O)C1CCCN(S(=O)(=O)c2ccc(Cl)cc2)C1)C(=O)Nc1ccccn1. The Morgan fingerprint density at radius 1 is 1.20 bits per heavy atom. The van der Waals surface area contributed by atoms with E-state index >= 15 is 0 Å². The van der Waals surface area contributed by atoms with Crippen LogP contribution in [0.1, 0.15) is 19.8 Å². The Morgan fingerprint density at radius 3 is 2.60 bits per heavy atom. The Bertz CT molecular complexity index is 999. The van der Waals surface area contributed by atoms with Crippen LogP contribution in [0.2, 0.25) is 5.02 Å². The summed E-state index contributed by atoms with van der Waals surface area (Å²) in [5, 5.41) is 5.75. The quantitative estimate of drug-likeness (QED) is 0.701. The first-order valence-electron chi connectivity index (χ1n) is 9.55. The molecule has 1 aromatic carbocycles. The molecule has 10 heteroatoms. The predicted octanol–water partition coefficient (Wildman–Crippen LogP) is 2.28. The molecular weight excluding hydrogens is 428 g/mol. The summed E-state index contributed by atoms with van der Waals surface area (Å²) in [7, 11) is -3.72. The molecule has 2 atom stereocenters. The minimum absolute atomic E-state index is 0.0609. The second kappa shape index (κ2) is 9.55. The summed E-state index contributed by atoms with van der Waals surface area (Å²) in [6.07, 6.45) is 2.66. The number of rotatable bonds is 6. The monoisotopic (exact) mass is 450 g/mol. The molecule has 2 N–H and O–H groups in total. The van der Waals surface area contributed by atoms with Crippen LogP contribution >= 0.6 is 11.6 Å². The molecule has 3 rings (SSSR count). The van der Waals surface area contributed by atoms with Crippen LogP contribution in [0.25, 0.3) is 0 Å². The molecule has 1 saturated heterocycles. The number of nitrogens with one attached hydrogen (secondary N) is 2. The number of anilines is 1. The van der Waals surface area contributed by atoms with E-state index in [9.17, 15) is 18.0 Å². The van der Waals surface area contributed by atoms with Gasteiger partial charge in [-0.25, -0.2) is 13.4 Å². The zero-order chi connectivity index (χ0) is 21.7. The highest BCUT2D eigenvalue weighted by Crippen LogP contribution is 2.25. The van der Waals surface area contributed by atoms with Gasteiger partial charge in [0.05, 0.1) is 10.8 Å². The zero-order valence-corrected chi connectivity index (χ0v) is 18.0. The van der Waals surface area contributed by atoms with Gasteiger partial charge in [-0.2, -0.15) is 4.31 Å². The number of hydrogen-bond acceptors (Lipinski definition) is 5. The molecule has 1 aliphatic rings. The van der Waals surface area contributed by atoms with Crippen LogP contribution in [-0.4, -0.2) is 48.7 Å². The number of aromatic nitrogens is 1. The minimum atomic E-state index is -3.72. The van der Waals surface area contributed by atoms with Crippen LogP contribution in [0.4, 0.5) is 5.82 Å². The molecule has 0 bridgehead atoms. The van der Waals surface area contributed by atoms with Crippen molar-refractivity contribution in [1.29, 1.82) is 0 Å². The van der Waals surface area contributed by atoms with E-state index < -0.39 is 27.9 Å². The third kappa shape index (κ3) is 5.35. The van der Waals surface area contributed by atoms with Crippen LogP contribution in [-0.2, 0) is 19.6 Å². The van der Waals surface area contributed by atoms with Gasteiger partial charge in [0.15, 0.2) is 0 Å². The van der Waals surface area contributed by atoms with Crippen molar-refractivity contribution in [2.24, 2.45) is 5.92 Å². The lowest BCUT2D eigenvalue weighted by Crippen LogP contribution is -2.49. The van der Waals surface area contributed by atoms with Gasteiger partial charge in [0.2, 0.25) is 21.8 Å². The lowest BCUT2D eigenvalue weighted by Gasteiger charge is -2.31. The van der Waals surface area contributed by atoms with Gasteiger partial charge in [-0.15, -0.1) is 0 Å². The maximum atomic E-state index is 12.9. The van der Waals surface area contributed by atoms with Gasteiger partial charge in [-0.05, 0) is 56.2 Å². The average molecular weight is 451 g/mol. The summed E-state index contributed by atoms with van der Waals surface area (Å²) in [5.74, 6) is -0.898. The Kier molecular flexibility index (Phi) is 7.06. The molecule has 1 aliphatic heterocycles. The lowest BCUT2D eigenvalue weighted by molar-refractivity contribution is -0.129. The third-order valence-electron chi connectivity index (χ3n) is 4.87. The first kappa shape index (κ1) is 22.2. The Morgan fingerprint density at radius 2 is 1.93 bits per heavy atom. The lowest BCUT2D eigenvalue weighted by atomic mass is 9.98. The summed E-state index contributed by atoms with van der Waals surface area (Å²) in [6, 6.07) is 10.3. The summed E-state index contributed by atoms with van der Waals surface area (Å²) >= 11 is 5.84. The van der Waals surface area contributed by atoms with Gasteiger partial charge >= 0.3 is 0 Å². The number of carbonyl (C=O) groups is 2. The molecule has 1 unspecified atom stereocenters. The van der Waals surface area contributed by atoms with E-state index in [-0.39, 0.29) is 17.3 Å². The van der Waals surface area contributed by atoms with Crippen LogP contribution in [0.15, 0.2) is 53.6 Å². The highest BCUT2D eigenvalue weighted by Gasteiger charge is 2.34. The molecule has 2 aromatic rings. The number of carbonyl (C=O) groups excluding carboxylic acids is 2. The Hall–Kier alpha value is -2.49. The normalized spacial score (nSPS) is 18.4. The predicted molar refractivity (Wildman–Crippen MR) is 113 cm³/mol. The van der Waals surface area contributed by atoms with Crippen molar-refractivity contribution in [2.75, 3.05) is 18.4 Å². The average Bonchev–Trinajstić information content (AvgIpc) is 2.74. The van der Waals surface area contributed by atoms with Crippen molar-refractivity contribution in [1.82, 2.24) is 14.6 Å². The zero-order valence-electron chi connectivity index (χ0n) is 16.4. The number of nitrogens with zero attached hydrogens (tertiary/aromatic N) is 2. The van der Waals surface area contributed by atoms with E-state index in [0.29, 0.717) is 30.2 Å². The smallest absolute Gasteiger partial charge is 0.247 e. The molecule has 2 amide bonds. The number of amides is 2. The van der Waals surface area contributed by atoms with E-state index in [1.54, 1.807) is 31.3 Å². The summed E-state index contributed by atoms with van der Waals surface area (Å²) in [5.41, 5.74) is 0. The molecule has 1 fully saturated rings. The largest absolute Gasteiger partial charge is 0.344 e. The molecule has 0 radical (unpaired) electrons. The maximum Gasteiger partial charge on any atom is 0.247 e. The van der Waals surface area contributed by atoms with Gasteiger partial charge in [0.25, 0.3) is 0 Å². The molecule has 30 heavy (non-hydrogen) atoms. The molecule has 0 aliphatic carbocycles. The molecule has 2 heterocycles. The van der Waals surface area contributed by atoms with E-state index in [1.807, 2.05) is 0 Å². The number of hydrogen-bond donors (Lipinski definition) is 2. The number of piperidine rings is 1. The van der Waals surface area contributed by atoms with Gasteiger partial charge < -0.3 is 10.6 Å². The van der Waals surface area contributed by atoms with E-state index in [4.69, 9.17) is 11.6 Å². The topological polar surface area (TPSA) is 108 Å². The van der Waals surface area contributed by atoms with E-state index in [0.717, 1.165) is 0 Å². The van der Waals surface area contributed by atoms with Crippen molar-refractivity contribution in [3.63, 3.8) is 0 Å². The van der Waals surface area contributed by atoms with Gasteiger partial charge in [-0.3, -0.25) is 9.59 Å². The summed E-state index contributed by atoms with van der Waals surface area (Å²) < 4.78 is 27.1. The Labute approximate surface area is 180 Å². The van der Waals surface area contributed by atoms with Crippen molar-refractivity contribution in [2.45, 2.75) is 30.7 Å². The maximum absolute atomic E-state index is 12.9. The van der Waals surface area contributed by atoms with E-state index in [2.05, 4.69) is 15.6 Å². The van der Waals surface area contributed by atoms with Crippen LogP contribution in [0.5, 0.6) is 0 Å². The minimum Gasteiger partial charge on any atom is -0.344 e. The van der Waals surface area contributed by atoms with E-state index in [1.165, 1.54) is 28.6 Å². The van der Waals surface area contributed by atoms with Crippen LogP contribution in [0, 0.1) is 5.92 Å². The fourth-order valence-corrected chi connectivity index (χ4v) is 4.85. The molecule has 160 valence electrons. The highest BCUT2D eigenvalue weighted by atomic mass is 35.5. The van der Waals surface area contributed by atoms with Crippen molar-refractivity contribution >= 4 is 39.3 Å². The van der Waals surface area contributed by atoms with Crippen molar-refractivity contribution < 1.29 is 18.0 Å². The molecular formula is C20H23ClN4O4S. The summed E-state index contributed by atoms with van der Waals surface area (Å²) in [6.45, 7) is 1.97. The van der Waals surface area contributed by atoms with Gasteiger partial charge in [0.1, 0.15) is 11.9 Å². The molecule has 1 aromatic heterocycles. The van der Waals surface area contributed by atoms with Crippen molar-refractivity contribution in [3.05, 3.63) is 53.7 Å². The molecule has 0 spiro atoms. The molecule has 0 saturated carbocycles. The first-order chi connectivity index (χ1) is 14.3. The second-order valence-electron chi connectivity index (χ2n) is 7.09. The fourth-order valence-electron chi connectivity index (χ4n) is 3.20. The Balaban J connectivity index is 1.61. The first-order valence-corrected chi connectivity index (χ1v) is 11.4. The van der Waals surface area contributed by atoms with Crippen LogP contribution in [0.3, 0.4) is 0 Å². The fraction of sp³-hybridized carbons (Fsp3) is 0.350. The number of halogens is 1. The number of pyridine rings is 1. The number of benzene rings is 1. The van der Waals surface area contributed by atoms with Gasteiger partial charge in [-0.1, -0.05) is 17.7 Å². The van der Waals surface area contributed by atoms with Gasteiger partial charge in [0, 0.05) is 24.3 Å². The molecule has 8 nitrogen and oxygen atoms in total. The standard InChI is InChI=1S/C20H23ClN4O4S/c1-14(19(26)24-18-6-2-3-11-22-18)23-20(27)15-5-4-12-25(13-15)30(28,29)17-9-7-16(21)8-10-17/h2-3,6-11,14-15H,4-5,12-13H2,1H3,(H,23,27)(H,22,24,26)/t14-,15?/m0/s1. The number of sulfonamides is 1.